The molecule has 3 aromatic rings. The lowest BCUT2D eigenvalue weighted by Gasteiger charge is -2.14. The van der Waals surface area contributed by atoms with Crippen molar-refractivity contribution in [3.05, 3.63) is 76.9 Å². The Kier molecular flexibility index (Phi) is 4.55. The molecule has 0 saturated heterocycles. The average molecular weight is 327 g/mol. The molecule has 0 radical (unpaired) electrons. The number of aliphatic hydroxyl groups excluding tert-OH is 1. The molecule has 1 unspecified atom stereocenters. The van der Waals surface area contributed by atoms with Gasteiger partial charge in [-0.15, -0.1) is 0 Å². The van der Waals surface area contributed by atoms with E-state index in [0.717, 1.165) is 10.9 Å². The summed E-state index contributed by atoms with van der Waals surface area (Å²) in [6, 6.07) is 16.0. The van der Waals surface area contributed by atoms with Crippen LogP contribution in [0.3, 0.4) is 0 Å². The van der Waals surface area contributed by atoms with Crippen molar-refractivity contribution in [1.29, 1.82) is 0 Å². The first kappa shape index (κ1) is 15.5. The Hall–Kier alpha value is -2.43. The lowest BCUT2D eigenvalue weighted by Crippen LogP contribution is -2.28. The molecule has 2 aromatic carbocycles. The molecule has 2 N–H and O–H groups in total. The van der Waals surface area contributed by atoms with Crippen LogP contribution in [0.5, 0.6) is 0 Å². The summed E-state index contributed by atoms with van der Waals surface area (Å²) in [6.07, 6.45) is 0.825. The maximum absolute atomic E-state index is 12.4. The minimum Gasteiger partial charge on any atom is -0.387 e. The van der Waals surface area contributed by atoms with Crippen LogP contribution in [0.2, 0.25) is 5.02 Å². The summed E-state index contributed by atoms with van der Waals surface area (Å²) in [5.41, 5.74) is 1.88. The molecule has 116 valence electrons. The second-order valence-corrected chi connectivity index (χ2v) is 5.53. The number of nitrogens with zero attached hydrogens (tertiary/aromatic N) is 1. The fraction of sp³-hybridized carbons (Fsp3) is 0.111. The maximum atomic E-state index is 12.4. The highest BCUT2D eigenvalue weighted by molar-refractivity contribution is 6.31. The van der Waals surface area contributed by atoms with Gasteiger partial charge in [0.05, 0.1) is 11.6 Å². The molecule has 0 aliphatic rings. The van der Waals surface area contributed by atoms with E-state index >= 15 is 0 Å². The summed E-state index contributed by atoms with van der Waals surface area (Å²) in [7, 11) is 0. The molecule has 1 aromatic heterocycles. The molecule has 0 aliphatic carbocycles. The van der Waals surface area contributed by atoms with Gasteiger partial charge >= 0.3 is 0 Å². The number of rotatable bonds is 4. The Morgan fingerprint density at radius 2 is 1.96 bits per heavy atom. The van der Waals surface area contributed by atoms with Crippen LogP contribution in [0.1, 0.15) is 22.0 Å². The van der Waals surface area contributed by atoms with Crippen LogP contribution in [0.15, 0.2) is 60.8 Å². The van der Waals surface area contributed by atoms with Crippen molar-refractivity contribution < 1.29 is 9.90 Å². The van der Waals surface area contributed by atoms with Gasteiger partial charge in [0.15, 0.2) is 0 Å². The van der Waals surface area contributed by atoms with Crippen LogP contribution in [-0.4, -0.2) is 22.5 Å². The Labute approximate surface area is 138 Å². The minimum atomic E-state index is -0.860. The zero-order valence-corrected chi connectivity index (χ0v) is 13.0. The molecule has 1 amide bonds. The van der Waals surface area contributed by atoms with E-state index in [4.69, 9.17) is 11.6 Å². The Morgan fingerprint density at radius 1 is 1.13 bits per heavy atom. The van der Waals surface area contributed by atoms with E-state index in [-0.39, 0.29) is 12.5 Å². The fourth-order valence-electron chi connectivity index (χ4n) is 2.44. The van der Waals surface area contributed by atoms with Crippen LogP contribution < -0.4 is 5.32 Å². The van der Waals surface area contributed by atoms with Crippen LogP contribution in [0.25, 0.3) is 10.9 Å². The highest BCUT2D eigenvalue weighted by Crippen LogP contribution is 2.22. The second kappa shape index (κ2) is 6.77. The van der Waals surface area contributed by atoms with Gasteiger partial charge in [0, 0.05) is 34.3 Å². The molecular weight excluding hydrogens is 312 g/mol. The number of aliphatic hydroxyl groups is 1. The van der Waals surface area contributed by atoms with Crippen molar-refractivity contribution in [3.63, 3.8) is 0 Å². The topological polar surface area (TPSA) is 62.2 Å². The number of benzene rings is 2. The summed E-state index contributed by atoms with van der Waals surface area (Å²) in [5, 5.41) is 14.2. The van der Waals surface area contributed by atoms with Gasteiger partial charge in [-0.3, -0.25) is 9.78 Å². The van der Waals surface area contributed by atoms with Gasteiger partial charge in [0.25, 0.3) is 5.91 Å². The largest absolute Gasteiger partial charge is 0.387 e. The number of hydrogen-bond acceptors (Lipinski definition) is 3. The number of halogens is 1. The van der Waals surface area contributed by atoms with Crippen LogP contribution >= 0.6 is 11.6 Å². The molecule has 4 nitrogen and oxygen atoms in total. The van der Waals surface area contributed by atoms with E-state index in [1.807, 2.05) is 12.1 Å². The first-order chi connectivity index (χ1) is 11.2. The number of aromatic nitrogens is 1. The molecule has 1 heterocycles. The lowest BCUT2D eigenvalue weighted by molar-refractivity contribution is 0.0918. The summed E-state index contributed by atoms with van der Waals surface area (Å²) < 4.78 is 0. The molecule has 0 bridgehead atoms. The van der Waals surface area contributed by atoms with Gasteiger partial charge in [0.2, 0.25) is 0 Å². The first-order valence-electron chi connectivity index (χ1n) is 7.21. The van der Waals surface area contributed by atoms with E-state index in [9.17, 15) is 9.90 Å². The maximum Gasteiger partial charge on any atom is 0.252 e. The third-order valence-corrected chi connectivity index (χ3v) is 3.95. The van der Waals surface area contributed by atoms with Crippen molar-refractivity contribution in [1.82, 2.24) is 10.3 Å². The van der Waals surface area contributed by atoms with Gasteiger partial charge in [-0.2, -0.15) is 0 Å². The molecule has 3 rings (SSSR count). The van der Waals surface area contributed by atoms with E-state index in [1.54, 1.807) is 48.7 Å². The standard InChI is InChI=1S/C18H15ClN2O2/c19-15-8-2-1-5-14(15)17(22)11-21-18(23)13-6-3-9-16-12(13)7-4-10-20-16/h1-10,17,22H,11H2,(H,21,23). The fourth-order valence-corrected chi connectivity index (χ4v) is 2.70. The number of carbonyl (C=O) groups excluding carboxylic acids is 1. The normalized spacial score (nSPS) is 12.1. The molecule has 0 spiro atoms. The highest BCUT2D eigenvalue weighted by atomic mass is 35.5. The minimum absolute atomic E-state index is 0.0826. The quantitative estimate of drug-likeness (QED) is 0.773. The summed E-state index contributed by atoms with van der Waals surface area (Å²) in [5.74, 6) is -0.255. The molecule has 1 atom stereocenters. The Bertz CT molecular complexity index is 846. The van der Waals surface area contributed by atoms with Crippen molar-refractivity contribution in [3.8, 4) is 0 Å². The van der Waals surface area contributed by atoms with E-state index in [0.29, 0.717) is 16.1 Å². The molecule has 0 saturated carbocycles. The first-order valence-corrected chi connectivity index (χ1v) is 7.59. The van der Waals surface area contributed by atoms with Gasteiger partial charge in [0.1, 0.15) is 0 Å². The third kappa shape index (κ3) is 3.33. The Balaban J connectivity index is 1.75. The molecule has 0 fully saturated rings. The van der Waals surface area contributed by atoms with Gasteiger partial charge < -0.3 is 10.4 Å². The van der Waals surface area contributed by atoms with Crippen molar-refractivity contribution in [2.45, 2.75) is 6.10 Å². The SMILES string of the molecule is O=C(NCC(O)c1ccccc1Cl)c1cccc2ncccc12. The van der Waals surface area contributed by atoms with E-state index in [2.05, 4.69) is 10.3 Å². The van der Waals surface area contributed by atoms with Crippen LogP contribution in [0.4, 0.5) is 0 Å². The van der Waals surface area contributed by atoms with E-state index in [1.165, 1.54) is 0 Å². The smallest absolute Gasteiger partial charge is 0.252 e. The van der Waals surface area contributed by atoms with E-state index < -0.39 is 6.10 Å². The molecule has 5 heteroatoms. The van der Waals surface area contributed by atoms with Gasteiger partial charge in [-0.05, 0) is 24.3 Å². The lowest BCUT2D eigenvalue weighted by atomic mass is 10.1. The number of nitrogens with one attached hydrogen (secondary N) is 1. The number of pyridine rings is 1. The molecule has 23 heavy (non-hydrogen) atoms. The van der Waals surface area contributed by atoms with Crippen molar-refractivity contribution in [2.75, 3.05) is 6.54 Å². The van der Waals surface area contributed by atoms with Crippen LogP contribution in [0, 0.1) is 0 Å². The number of amides is 1. The Morgan fingerprint density at radius 3 is 2.78 bits per heavy atom. The number of fused-ring (bicyclic) bond motifs is 1. The van der Waals surface area contributed by atoms with Crippen molar-refractivity contribution >= 4 is 28.4 Å². The van der Waals surface area contributed by atoms with Crippen molar-refractivity contribution in [2.24, 2.45) is 0 Å². The number of hydrogen-bond donors (Lipinski definition) is 2. The van der Waals surface area contributed by atoms with Gasteiger partial charge in [-0.25, -0.2) is 0 Å². The second-order valence-electron chi connectivity index (χ2n) is 5.12. The summed E-state index contributed by atoms with van der Waals surface area (Å²) >= 11 is 6.05. The number of carbonyl (C=O) groups is 1. The molecule has 0 aliphatic heterocycles. The summed E-state index contributed by atoms with van der Waals surface area (Å²) in [6.45, 7) is 0.0826. The predicted molar refractivity (Wildman–Crippen MR) is 90.5 cm³/mol. The monoisotopic (exact) mass is 326 g/mol. The average Bonchev–Trinajstić information content (AvgIpc) is 2.59. The van der Waals surface area contributed by atoms with Gasteiger partial charge in [-0.1, -0.05) is 41.9 Å². The highest BCUT2D eigenvalue weighted by Gasteiger charge is 2.14. The third-order valence-electron chi connectivity index (χ3n) is 3.61. The zero-order chi connectivity index (χ0) is 16.2. The molecular formula is C18H15ClN2O2. The summed E-state index contributed by atoms with van der Waals surface area (Å²) in [4.78, 5) is 16.6. The zero-order valence-electron chi connectivity index (χ0n) is 12.2. The predicted octanol–water partition coefficient (Wildman–Crippen LogP) is 3.35. The van der Waals surface area contributed by atoms with Crippen LogP contribution in [-0.2, 0) is 0 Å².